The standard InChI is InChI=1S/C15H15ClN2OS/c16-14-10-12(17-11-13-2-1-9-20-13)3-4-15(14)18-5-7-19-8-6-18/h1-4,9-11H,5-8H2. The summed E-state index contributed by atoms with van der Waals surface area (Å²) < 4.78 is 5.36. The van der Waals surface area contributed by atoms with E-state index in [4.69, 9.17) is 16.3 Å². The first kappa shape index (κ1) is 13.6. The maximum Gasteiger partial charge on any atom is 0.0661 e. The highest BCUT2D eigenvalue weighted by molar-refractivity contribution is 7.11. The maximum atomic E-state index is 6.37. The number of nitrogens with zero attached hydrogens (tertiary/aromatic N) is 2. The van der Waals surface area contributed by atoms with Crippen LogP contribution >= 0.6 is 22.9 Å². The van der Waals surface area contributed by atoms with E-state index >= 15 is 0 Å². The Hall–Kier alpha value is -1.36. The number of morpholine rings is 1. The van der Waals surface area contributed by atoms with Crippen LogP contribution in [0.4, 0.5) is 11.4 Å². The van der Waals surface area contributed by atoms with Gasteiger partial charge in [-0.2, -0.15) is 0 Å². The van der Waals surface area contributed by atoms with Gasteiger partial charge in [0.15, 0.2) is 0 Å². The summed E-state index contributed by atoms with van der Waals surface area (Å²) in [5.41, 5.74) is 1.94. The molecule has 104 valence electrons. The molecule has 2 aromatic rings. The van der Waals surface area contributed by atoms with Crippen molar-refractivity contribution >= 4 is 40.5 Å². The normalized spacial score (nSPS) is 15.9. The molecule has 0 spiro atoms. The third kappa shape index (κ3) is 3.20. The van der Waals surface area contributed by atoms with Crippen LogP contribution in [0.2, 0.25) is 5.02 Å². The van der Waals surface area contributed by atoms with E-state index in [-0.39, 0.29) is 0 Å². The second kappa shape index (κ2) is 6.39. The van der Waals surface area contributed by atoms with Crippen molar-refractivity contribution in [1.82, 2.24) is 0 Å². The number of rotatable bonds is 3. The smallest absolute Gasteiger partial charge is 0.0661 e. The molecule has 0 atom stereocenters. The molecule has 1 aromatic carbocycles. The maximum absolute atomic E-state index is 6.37. The minimum atomic E-state index is 0.743. The monoisotopic (exact) mass is 306 g/mol. The van der Waals surface area contributed by atoms with Crippen LogP contribution in [0, 0.1) is 0 Å². The topological polar surface area (TPSA) is 24.8 Å². The van der Waals surface area contributed by atoms with Crippen LogP contribution in [0.25, 0.3) is 0 Å². The molecule has 0 aliphatic carbocycles. The summed E-state index contributed by atoms with van der Waals surface area (Å²) in [6, 6.07) is 10.0. The van der Waals surface area contributed by atoms with Gasteiger partial charge in [0.2, 0.25) is 0 Å². The van der Waals surface area contributed by atoms with E-state index < -0.39 is 0 Å². The van der Waals surface area contributed by atoms with Crippen LogP contribution in [0.3, 0.4) is 0 Å². The van der Waals surface area contributed by atoms with Crippen molar-refractivity contribution in [3.8, 4) is 0 Å². The van der Waals surface area contributed by atoms with Crippen LogP contribution in [0.5, 0.6) is 0 Å². The number of ether oxygens (including phenoxy) is 1. The fourth-order valence-corrected chi connectivity index (χ4v) is 3.02. The van der Waals surface area contributed by atoms with Gasteiger partial charge in [-0.1, -0.05) is 17.7 Å². The van der Waals surface area contributed by atoms with Crippen molar-refractivity contribution in [1.29, 1.82) is 0 Å². The largest absolute Gasteiger partial charge is 0.378 e. The SMILES string of the molecule is Clc1cc(N=Cc2cccs2)ccc1N1CCOCC1. The van der Waals surface area contributed by atoms with Crippen LogP contribution in [0.15, 0.2) is 40.7 Å². The summed E-state index contributed by atoms with van der Waals surface area (Å²) in [7, 11) is 0. The highest BCUT2D eigenvalue weighted by atomic mass is 35.5. The fraction of sp³-hybridized carbons (Fsp3) is 0.267. The van der Waals surface area contributed by atoms with Gasteiger partial charge in [-0.05, 0) is 29.6 Å². The van der Waals surface area contributed by atoms with Crippen molar-refractivity contribution in [2.45, 2.75) is 0 Å². The molecule has 5 heteroatoms. The number of benzene rings is 1. The molecule has 20 heavy (non-hydrogen) atoms. The molecule has 1 saturated heterocycles. The molecule has 2 heterocycles. The molecule has 3 nitrogen and oxygen atoms in total. The lowest BCUT2D eigenvalue weighted by molar-refractivity contribution is 0.122. The summed E-state index contributed by atoms with van der Waals surface area (Å²) in [5, 5.41) is 2.78. The Morgan fingerprint density at radius 2 is 2.10 bits per heavy atom. The van der Waals surface area contributed by atoms with Gasteiger partial charge >= 0.3 is 0 Å². The van der Waals surface area contributed by atoms with Crippen molar-refractivity contribution in [2.75, 3.05) is 31.2 Å². The molecule has 0 unspecified atom stereocenters. The van der Waals surface area contributed by atoms with E-state index in [9.17, 15) is 0 Å². The highest BCUT2D eigenvalue weighted by Gasteiger charge is 2.14. The molecular weight excluding hydrogens is 292 g/mol. The summed E-state index contributed by atoms with van der Waals surface area (Å²) in [6.07, 6.45) is 1.87. The first-order valence-corrected chi connectivity index (χ1v) is 7.78. The van der Waals surface area contributed by atoms with E-state index in [2.05, 4.69) is 9.89 Å². The number of anilines is 1. The lowest BCUT2D eigenvalue weighted by Gasteiger charge is -2.29. The van der Waals surface area contributed by atoms with E-state index in [0.29, 0.717) is 0 Å². The minimum absolute atomic E-state index is 0.743. The second-order valence-electron chi connectivity index (χ2n) is 4.51. The van der Waals surface area contributed by atoms with Crippen molar-refractivity contribution in [2.24, 2.45) is 4.99 Å². The predicted molar refractivity (Wildman–Crippen MR) is 86.1 cm³/mol. The first-order chi connectivity index (χ1) is 9.83. The molecular formula is C15H15ClN2OS. The minimum Gasteiger partial charge on any atom is -0.378 e. The van der Waals surface area contributed by atoms with Crippen LogP contribution in [-0.2, 0) is 4.74 Å². The average Bonchev–Trinajstić information content (AvgIpc) is 2.99. The molecule has 1 aliphatic heterocycles. The van der Waals surface area contributed by atoms with Crippen LogP contribution < -0.4 is 4.90 Å². The number of hydrogen-bond donors (Lipinski definition) is 0. The fourth-order valence-electron chi connectivity index (χ4n) is 2.14. The zero-order valence-electron chi connectivity index (χ0n) is 11.0. The lowest BCUT2D eigenvalue weighted by atomic mass is 10.2. The van der Waals surface area contributed by atoms with E-state index in [1.807, 2.05) is 41.9 Å². The summed E-state index contributed by atoms with van der Waals surface area (Å²) in [4.78, 5) is 7.84. The molecule has 1 aromatic heterocycles. The number of thiophene rings is 1. The lowest BCUT2D eigenvalue weighted by Crippen LogP contribution is -2.36. The van der Waals surface area contributed by atoms with Gasteiger partial charge in [0, 0.05) is 24.2 Å². The zero-order valence-corrected chi connectivity index (χ0v) is 12.5. The van der Waals surface area contributed by atoms with Crippen molar-refractivity contribution in [3.63, 3.8) is 0 Å². The third-order valence-electron chi connectivity index (χ3n) is 3.17. The van der Waals surface area contributed by atoms with Gasteiger partial charge in [-0.15, -0.1) is 11.3 Å². The van der Waals surface area contributed by atoms with Gasteiger partial charge in [-0.25, -0.2) is 0 Å². The average molecular weight is 307 g/mol. The van der Waals surface area contributed by atoms with Gasteiger partial charge in [-0.3, -0.25) is 4.99 Å². The Morgan fingerprint density at radius 3 is 2.80 bits per heavy atom. The highest BCUT2D eigenvalue weighted by Crippen LogP contribution is 2.30. The van der Waals surface area contributed by atoms with Gasteiger partial charge in [0.1, 0.15) is 0 Å². The van der Waals surface area contributed by atoms with Crippen molar-refractivity contribution in [3.05, 3.63) is 45.6 Å². The molecule has 0 saturated carbocycles. The molecule has 3 rings (SSSR count). The zero-order chi connectivity index (χ0) is 13.8. The Morgan fingerprint density at radius 1 is 1.25 bits per heavy atom. The summed E-state index contributed by atoms with van der Waals surface area (Å²) >= 11 is 8.04. The third-order valence-corrected chi connectivity index (χ3v) is 4.28. The Kier molecular flexibility index (Phi) is 4.35. The molecule has 0 amide bonds. The van der Waals surface area contributed by atoms with Crippen LogP contribution in [0.1, 0.15) is 4.88 Å². The van der Waals surface area contributed by atoms with E-state index in [0.717, 1.165) is 47.6 Å². The van der Waals surface area contributed by atoms with E-state index in [1.165, 1.54) is 0 Å². The number of hydrogen-bond acceptors (Lipinski definition) is 4. The van der Waals surface area contributed by atoms with Crippen LogP contribution in [-0.4, -0.2) is 32.5 Å². The molecule has 0 N–H and O–H groups in total. The van der Waals surface area contributed by atoms with Crippen molar-refractivity contribution < 1.29 is 4.74 Å². The quantitative estimate of drug-likeness (QED) is 0.801. The Labute approximate surface area is 127 Å². The molecule has 0 bridgehead atoms. The Balaban J connectivity index is 1.76. The second-order valence-corrected chi connectivity index (χ2v) is 5.90. The number of halogens is 1. The molecule has 1 fully saturated rings. The number of aliphatic imine (C=N–C) groups is 1. The van der Waals surface area contributed by atoms with Gasteiger partial charge < -0.3 is 9.64 Å². The summed E-state index contributed by atoms with van der Waals surface area (Å²) in [6.45, 7) is 3.29. The summed E-state index contributed by atoms with van der Waals surface area (Å²) in [5.74, 6) is 0. The Bertz CT molecular complexity index is 592. The van der Waals surface area contributed by atoms with Gasteiger partial charge in [0.05, 0.1) is 29.6 Å². The van der Waals surface area contributed by atoms with Gasteiger partial charge in [0.25, 0.3) is 0 Å². The predicted octanol–water partition coefficient (Wildman–Crippen LogP) is 3.99. The van der Waals surface area contributed by atoms with E-state index in [1.54, 1.807) is 11.3 Å². The molecule has 1 aliphatic rings. The molecule has 0 radical (unpaired) electrons. The first-order valence-electron chi connectivity index (χ1n) is 6.53.